The summed E-state index contributed by atoms with van der Waals surface area (Å²) in [7, 11) is 1.66. The number of rotatable bonds is 0. The number of hydrogen-bond acceptors (Lipinski definition) is 3. The first-order chi connectivity index (χ1) is 8.43. The molecule has 2 aromatic rings. The minimum Gasteiger partial charge on any atom is -0.364 e. The molecule has 0 saturated heterocycles. The van der Waals surface area contributed by atoms with Gasteiger partial charge >= 0.3 is 0 Å². The van der Waals surface area contributed by atoms with Crippen LogP contribution in [0.5, 0.6) is 0 Å². The number of aromatic nitrogens is 3. The molecule has 0 fully saturated rings. The van der Waals surface area contributed by atoms with Crippen LogP contribution in [0.2, 0.25) is 5.15 Å². The van der Waals surface area contributed by atoms with Crippen LogP contribution in [-0.2, 0) is 6.50 Å². The fourth-order valence-corrected chi connectivity index (χ4v) is 2.17. The zero-order valence-electron chi connectivity index (χ0n) is 10.9. The van der Waals surface area contributed by atoms with Gasteiger partial charge in [-0.05, 0) is 19.1 Å². The highest BCUT2D eigenvalue weighted by atomic mass is 35.5. The molecule has 1 aliphatic heterocycles. The second kappa shape index (κ2) is 3.22. The number of halogens is 1. The largest absolute Gasteiger partial charge is 0.364 e. The molecule has 0 atom stereocenters. The summed E-state index contributed by atoms with van der Waals surface area (Å²) in [6.45, 7) is 0.171. The van der Waals surface area contributed by atoms with Crippen molar-refractivity contribution in [2.75, 3.05) is 11.9 Å². The Kier molecular flexibility index (Phi) is 1.54. The maximum absolute atomic E-state index is 8.20. The first-order valence-corrected chi connectivity index (χ1v) is 5.26. The van der Waals surface area contributed by atoms with Gasteiger partial charge in [0.25, 0.3) is 0 Å². The van der Waals surface area contributed by atoms with E-state index in [0.717, 1.165) is 11.4 Å². The van der Waals surface area contributed by atoms with Gasteiger partial charge in [0, 0.05) is 13.2 Å². The van der Waals surface area contributed by atoms with Gasteiger partial charge in [-0.3, -0.25) is 0 Å². The predicted molar refractivity (Wildman–Crippen MR) is 63.2 cm³/mol. The number of pyridine rings is 1. The summed E-state index contributed by atoms with van der Waals surface area (Å²) in [6.07, 6.45) is 1.59. The summed E-state index contributed by atoms with van der Waals surface area (Å²) >= 11 is 6.08. The monoisotopic (exact) mass is 236 g/mol. The molecule has 1 aliphatic rings. The molecular formula is C11H11ClN4. The third-order valence-electron chi connectivity index (χ3n) is 2.54. The highest BCUT2D eigenvalue weighted by Gasteiger charge is 2.23. The normalized spacial score (nSPS) is 18.6. The summed E-state index contributed by atoms with van der Waals surface area (Å²) in [6, 6.07) is 3.52. The Morgan fingerprint density at radius 3 is 3.19 bits per heavy atom. The van der Waals surface area contributed by atoms with E-state index in [0.29, 0.717) is 11.4 Å². The van der Waals surface area contributed by atoms with Crippen molar-refractivity contribution in [1.29, 1.82) is 0 Å². The average molecular weight is 237 g/mol. The van der Waals surface area contributed by atoms with E-state index in [-0.39, 0.29) is 5.15 Å². The highest BCUT2D eigenvalue weighted by Crippen LogP contribution is 2.35. The Bertz CT molecular complexity index is 638. The fraction of sp³-hybridized carbons (Fsp3) is 0.273. The van der Waals surface area contributed by atoms with Crippen LogP contribution in [0.4, 0.5) is 5.69 Å². The van der Waals surface area contributed by atoms with Gasteiger partial charge in [0.05, 0.1) is 26.3 Å². The smallest absolute Gasteiger partial charge is 0.154 e. The number of fused-ring (bicyclic) bond motifs is 3. The van der Waals surface area contributed by atoms with Crippen molar-refractivity contribution in [3.8, 4) is 5.69 Å². The van der Waals surface area contributed by atoms with Gasteiger partial charge in [-0.1, -0.05) is 11.6 Å². The van der Waals surface area contributed by atoms with Crippen molar-refractivity contribution in [3.05, 3.63) is 34.9 Å². The number of hydrogen-bond donors (Lipinski definition) is 0. The summed E-state index contributed by atoms with van der Waals surface area (Å²) < 4.78 is 18.0. The topological polar surface area (TPSA) is 34.0 Å². The molecule has 3 heterocycles. The van der Waals surface area contributed by atoms with Gasteiger partial charge in [-0.25, -0.2) is 9.67 Å². The SMILES string of the molecule is [2H]C1([2H])c2cc(C)nn2-c2ccnc(Cl)c2N1C. The van der Waals surface area contributed by atoms with Gasteiger partial charge in [-0.15, -0.1) is 0 Å². The molecule has 0 N–H and O–H groups in total. The molecule has 0 saturated carbocycles. The molecule has 0 amide bonds. The van der Waals surface area contributed by atoms with Crippen molar-refractivity contribution in [2.45, 2.75) is 13.4 Å². The summed E-state index contributed by atoms with van der Waals surface area (Å²) in [5, 5.41) is 4.60. The van der Waals surface area contributed by atoms with E-state index in [2.05, 4.69) is 10.1 Å². The van der Waals surface area contributed by atoms with E-state index in [1.54, 1.807) is 30.1 Å². The van der Waals surface area contributed by atoms with Crippen molar-refractivity contribution in [3.63, 3.8) is 0 Å². The van der Waals surface area contributed by atoms with Crippen LogP contribution in [0, 0.1) is 6.92 Å². The molecule has 4 nitrogen and oxygen atoms in total. The minimum atomic E-state index is -1.67. The van der Waals surface area contributed by atoms with Gasteiger partial charge in [0.15, 0.2) is 5.15 Å². The molecule has 0 aromatic carbocycles. The Hall–Kier alpha value is -1.55. The Morgan fingerprint density at radius 1 is 1.56 bits per heavy atom. The Balaban J connectivity index is 2.40. The second-order valence-electron chi connectivity index (χ2n) is 3.72. The van der Waals surface area contributed by atoms with E-state index in [9.17, 15) is 0 Å². The Morgan fingerprint density at radius 2 is 2.38 bits per heavy atom. The van der Waals surface area contributed by atoms with Gasteiger partial charge in [0.2, 0.25) is 0 Å². The molecular weight excluding hydrogens is 224 g/mol. The van der Waals surface area contributed by atoms with Crippen LogP contribution in [0.3, 0.4) is 0 Å². The number of anilines is 1. The predicted octanol–water partition coefficient (Wildman–Crippen LogP) is 2.18. The van der Waals surface area contributed by atoms with Gasteiger partial charge < -0.3 is 4.90 Å². The number of nitrogens with zero attached hydrogens (tertiary/aromatic N) is 4. The number of aryl methyl sites for hydroxylation is 1. The van der Waals surface area contributed by atoms with Crippen LogP contribution in [-0.4, -0.2) is 21.8 Å². The van der Waals surface area contributed by atoms with Crippen LogP contribution in [0.15, 0.2) is 18.3 Å². The van der Waals surface area contributed by atoms with Crippen molar-refractivity contribution in [2.24, 2.45) is 0 Å². The van der Waals surface area contributed by atoms with Crippen LogP contribution in [0.1, 0.15) is 14.1 Å². The molecule has 0 unspecified atom stereocenters. The maximum atomic E-state index is 8.20. The standard InChI is InChI=1S/C11H11ClN4/c1-7-5-8-6-15(2)10-9(16(8)14-7)3-4-13-11(10)12/h3-5H,6H2,1-2H3/i6D2. The third-order valence-corrected chi connectivity index (χ3v) is 2.81. The zero-order valence-corrected chi connectivity index (χ0v) is 9.65. The highest BCUT2D eigenvalue weighted by molar-refractivity contribution is 6.32. The minimum absolute atomic E-state index is 0.276. The van der Waals surface area contributed by atoms with Crippen LogP contribution < -0.4 is 4.90 Å². The molecule has 0 bridgehead atoms. The molecule has 16 heavy (non-hydrogen) atoms. The van der Waals surface area contributed by atoms with E-state index in [4.69, 9.17) is 14.3 Å². The summed E-state index contributed by atoms with van der Waals surface area (Å²) in [5.41, 5.74) is 2.57. The average Bonchev–Trinajstić information content (AvgIpc) is 2.69. The second-order valence-corrected chi connectivity index (χ2v) is 4.08. The van der Waals surface area contributed by atoms with E-state index < -0.39 is 6.50 Å². The van der Waals surface area contributed by atoms with Gasteiger partial charge in [-0.2, -0.15) is 5.10 Å². The van der Waals surface area contributed by atoms with Crippen LogP contribution in [0.25, 0.3) is 5.69 Å². The van der Waals surface area contributed by atoms with Gasteiger partial charge in [0.1, 0.15) is 5.69 Å². The molecule has 5 heteroatoms. The van der Waals surface area contributed by atoms with Crippen LogP contribution >= 0.6 is 11.6 Å². The molecule has 0 radical (unpaired) electrons. The lowest BCUT2D eigenvalue weighted by Gasteiger charge is -2.28. The zero-order chi connectivity index (χ0) is 13.1. The lowest BCUT2D eigenvalue weighted by Crippen LogP contribution is -2.26. The Labute approximate surface area is 101 Å². The molecule has 3 rings (SSSR count). The van der Waals surface area contributed by atoms with Crippen molar-refractivity contribution < 1.29 is 2.74 Å². The lowest BCUT2D eigenvalue weighted by atomic mass is 10.2. The molecule has 0 aliphatic carbocycles. The summed E-state index contributed by atoms with van der Waals surface area (Å²) in [4.78, 5) is 5.50. The van der Waals surface area contributed by atoms with Crippen molar-refractivity contribution >= 4 is 17.3 Å². The van der Waals surface area contributed by atoms with E-state index in [1.807, 2.05) is 6.92 Å². The first kappa shape index (κ1) is 7.68. The molecule has 0 spiro atoms. The van der Waals surface area contributed by atoms with E-state index in [1.165, 1.54) is 4.90 Å². The van der Waals surface area contributed by atoms with Crippen molar-refractivity contribution in [1.82, 2.24) is 14.8 Å². The molecule has 2 aromatic heterocycles. The molecule has 82 valence electrons. The summed E-state index contributed by atoms with van der Waals surface area (Å²) in [5.74, 6) is 0. The quantitative estimate of drug-likeness (QED) is 0.658. The van der Waals surface area contributed by atoms with E-state index >= 15 is 0 Å². The fourth-order valence-electron chi connectivity index (χ4n) is 1.89. The third kappa shape index (κ3) is 1.23. The maximum Gasteiger partial charge on any atom is 0.154 e. The first-order valence-electron chi connectivity index (χ1n) is 5.89. The lowest BCUT2D eigenvalue weighted by molar-refractivity contribution is 0.733.